The lowest BCUT2D eigenvalue weighted by Gasteiger charge is -2.37. The minimum atomic E-state index is -4.13. The van der Waals surface area contributed by atoms with Crippen molar-refractivity contribution in [1.82, 2.24) is 9.21 Å². The molecule has 0 unspecified atom stereocenters. The van der Waals surface area contributed by atoms with Crippen molar-refractivity contribution in [3.63, 3.8) is 0 Å². The van der Waals surface area contributed by atoms with Crippen molar-refractivity contribution < 1.29 is 22.0 Å². The molecule has 0 bridgehead atoms. The van der Waals surface area contributed by atoms with Crippen LogP contribution < -0.4 is 0 Å². The van der Waals surface area contributed by atoms with E-state index in [9.17, 15) is 22.0 Å². The van der Waals surface area contributed by atoms with Gasteiger partial charge in [-0.1, -0.05) is 30.3 Å². The van der Waals surface area contributed by atoms with Crippen LogP contribution in [-0.2, 0) is 21.2 Å². The Bertz CT molecular complexity index is 1060. The molecule has 0 atom stereocenters. The first-order valence-electron chi connectivity index (χ1n) is 11.6. The van der Waals surface area contributed by atoms with Gasteiger partial charge in [0.2, 0.25) is 15.9 Å². The molecule has 33 heavy (non-hydrogen) atoms. The lowest BCUT2D eigenvalue weighted by atomic mass is 9.89. The first kappa shape index (κ1) is 23.8. The minimum absolute atomic E-state index is 0.0884. The molecule has 2 aliphatic rings. The molecule has 4 rings (SSSR count). The number of sulfonamides is 1. The molecule has 8 heteroatoms. The monoisotopic (exact) mass is 476 g/mol. The molecule has 2 aromatic carbocycles. The predicted octanol–water partition coefficient (Wildman–Crippen LogP) is 4.24. The first-order chi connectivity index (χ1) is 15.8. The highest BCUT2D eigenvalue weighted by molar-refractivity contribution is 7.89. The second-order valence-corrected chi connectivity index (χ2v) is 11.0. The van der Waals surface area contributed by atoms with Gasteiger partial charge in [-0.25, -0.2) is 17.2 Å². The van der Waals surface area contributed by atoms with Gasteiger partial charge in [-0.3, -0.25) is 4.79 Å². The molecular weight excluding hydrogens is 446 g/mol. The van der Waals surface area contributed by atoms with Gasteiger partial charge in [0.05, 0.1) is 0 Å². The summed E-state index contributed by atoms with van der Waals surface area (Å²) in [6.07, 6.45) is 4.94. The summed E-state index contributed by atoms with van der Waals surface area (Å²) in [4.78, 5) is 14.3. The molecule has 0 aliphatic carbocycles. The number of hydrogen-bond acceptors (Lipinski definition) is 3. The Morgan fingerprint density at radius 3 is 2.24 bits per heavy atom. The van der Waals surface area contributed by atoms with Crippen LogP contribution in [0.4, 0.5) is 8.78 Å². The van der Waals surface area contributed by atoms with Gasteiger partial charge in [-0.2, -0.15) is 4.31 Å². The Morgan fingerprint density at radius 2 is 1.58 bits per heavy atom. The quantitative estimate of drug-likeness (QED) is 0.627. The number of rotatable bonds is 6. The van der Waals surface area contributed by atoms with Crippen molar-refractivity contribution >= 4 is 15.9 Å². The van der Waals surface area contributed by atoms with Gasteiger partial charge in [0.15, 0.2) is 0 Å². The van der Waals surface area contributed by atoms with E-state index in [1.807, 2.05) is 11.0 Å². The van der Waals surface area contributed by atoms with Crippen LogP contribution in [-0.4, -0.2) is 49.7 Å². The zero-order valence-electron chi connectivity index (χ0n) is 18.6. The van der Waals surface area contributed by atoms with E-state index in [4.69, 9.17) is 0 Å². The van der Waals surface area contributed by atoms with E-state index < -0.39 is 26.6 Å². The molecule has 2 heterocycles. The second-order valence-electron chi connectivity index (χ2n) is 9.05. The van der Waals surface area contributed by atoms with Crippen LogP contribution in [0.15, 0.2) is 53.4 Å². The number of hydrogen-bond donors (Lipinski definition) is 0. The molecule has 0 N–H and O–H groups in total. The van der Waals surface area contributed by atoms with Gasteiger partial charge in [0.1, 0.15) is 16.5 Å². The van der Waals surface area contributed by atoms with Crippen LogP contribution in [0.25, 0.3) is 0 Å². The number of carbonyl (C=O) groups is 1. The second kappa shape index (κ2) is 10.3. The number of halogens is 2. The van der Waals surface area contributed by atoms with Crippen LogP contribution in [0.3, 0.4) is 0 Å². The third kappa shape index (κ3) is 5.61. The standard InChI is InChI=1S/C25H30F2N2O3S/c26-22-8-9-23(27)24(18-22)33(31,32)29-16-12-21(13-17-29)25(30)28-14-10-20(11-15-28)7-6-19-4-2-1-3-5-19/h1-5,8-9,18,20-21H,6-7,10-17H2. The van der Waals surface area contributed by atoms with Crippen molar-refractivity contribution in [3.05, 3.63) is 65.7 Å². The van der Waals surface area contributed by atoms with Crippen LogP contribution in [0.2, 0.25) is 0 Å². The first-order valence-corrected chi connectivity index (χ1v) is 13.1. The van der Waals surface area contributed by atoms with E-state index in [0.717, 1.165) is 55.2 Å². The molecule has 1 amide bonds. The molecule has 2 saturated heterocycles. The number of aryl methyl sites for hydroxylation is 1. The average Bonchev–Trinajstić information content (AvgIpc) is 2.85. The number of piperidine rings is 2. The smallest absolute Gasteiger partial charge is 0.246 e. The fourth-order valence-electron chi connectivity index (χ4n) is 4.87. The van der Waals surface area contributed by atoms with E-state index in [1.54, 1.807) is 0 Å². The molecular formula is C25H30F2N2O3S. The number of nitrogens with zero attached hydrogens (tertiary/aromatic N) is 2. The van der Waals surface area contributed by atoms with E-state index in [1.165, 1.54) is 5.56 Å². The molecule has 0 aromatic heterocycles. The fourth-order valence-corrected chi connectivity index (χ4v) is 6.42. The maximum atomic E-state index is 14.0. The van der Waals surface area contributed by atoms with Gasteiger partial charge in [-0.05, 0) is 68.2 Å². The fraction of sp³-hybridized carbons (Fsp3) is 0.480. The zero-order valence-corrected chi connectivity index (χ0v) is 19.4. The molecule has 2 aliphatic heterocycles. The Kier molecular flexibility index (Phi) is 7.44. The summed E-state index contributed by atoms with van der Waals surface area (Å²) < 4.78 is 54.2. The van der Waals surface area contributed by atoms with Crippen molar-refractivity contribution in [2.75, 3.05) is 26.2 Å². The van der Waals surface area contributed by atoms with Gasteiger partial charge < -0.3 is 4.90 Å². The van der Waals surface area contributed by atoms with E-state index >= 15 is 0 Å². The summed E-state index contributed by atoms with van der Waals surface area (Å²) in [6.45, 7) is 1.74. The maximum absolute atomic E-state index is 14.0. The molecule has 0 spiro atoms. The molecule has 2 fully saturated rings. The molecule has 2 aromatic rings. The van der Waals surface area contributed by atoms with Crippen molar-refractivity contribution in [3.8, 4) is 0 Å². The average molecular weight is 477 g/mol. The van der Waals surface area contributed by atoms with Crippen LogP contribution in [0.5, 0.6) is 0 Å². The molecule has 5 nitrogen and oxygen atoms in total. The maximum Gasteiger partial charge on any atom is 0.246 e. The molecule has 178 valence electrons. The predicted molar refractivity (Wildman–Crippen MR) is 122 cm³/mol. The summed E-state index contributed by atoms with van der Waals surface area (Å²) in [5, 5.41) is 0. The van der Waals surface area contributed by atoms with Crippen molar-refractivity contribution in [2.24, 2.45) is 11.8 Å². The highest BCUT2D eigenvalue weighted by Gasteiger charge is 2.36. The number of carbonyl (C=O) groups excluding carboxylic acids is 1. The number of likely N-dealkylation sites (tertiary alicyclic amines) is 1. The lowest BCUT2D eigenvalue weighted by Crippen LogP contribution is -2.46. The van der Waals surface area contributed by atoms with Crippen LogP contribution in [0, 0.1) is 23.5 Å². The Labute approximate surface area is 194 Å². The normalized spacial score (nSPS) is 19.0. The van der Waals surface area contributed by atoms with E-state index in [-0.39, 0.29) is 24.9 Å². The molecule has 0 saturated carbocycles. The van der Waals surface area contributed by atoms with Gasteiger partial charge in [-0.15, -0.1) is 0 Å². The minimum Gasteiger partial charge on any atom is -0.342 e. The Morgan fingerprint density at radius 1 is 0.909 bits per heavy atom. The van der Waals surface area contributed by atoms with Gasteiger partial charge >= 0.3 is 0 Å². The summed E-state index contributed by atoms with van der Waals surface area (Å²) in [5.41, 5.74) is 1.34. The van der Waals surface area contributed by atoms with Crippen LogP contribution in [0.1, 0.15) is 37.7 Å². The Balaban J connectivity index is 1.26. The summed E-state index contributed by atoms with van der Waals surface area (Å²) in [6, 6.07) is 12.9. The summed E-state index contributed by atoms with van der Waals surface area (Å²) in [7, 11) is -4.13. The van der Waals surface area contributed by atoms with Crippen molar-refractivity contribution in [1.29, 1.82) is 0 Å². The van der Waals surface area contributed by atoms with Crippen LogP contribution >= 0.6 is 0 Å². The van der Waals surface area contributed by atoms with Gasteiger partial charge in [0, 0.05) is 32.1 Å². The van der Waals surface area contributed by atoms with Gasteiger partial charge in [0.25, 0.3) is 0 Å². The third-order valence-electron chi connectivity index (χ3n) is 6.92. The Hall–Kier alpha value is -2.32. The lowest BCUT2D eigenvalue weighted by molar-refractivity contribution is -0.138. The van der Waals surface area contributed by atoms with Crippen molar-refractivity contribution in [2.45, 2.75) is 43.4 Å². The largest absolute Gasteiger partial charge is 0.342 e. The zero-order chi connectivity index (χ0) is 23.4. The summed E-state index contributed by atoms with van der Waals surface area (Å²) >= 11 is 0. The van der Waals surface area contributed by atoms with E-state index in [0.29, 0.717) is 24.8 Å². The molecule has 0 radical (unpaired) electrons. The number of amides is 1. The SMILES string of the molecule is O=C(C1CCN(S(=O)(=O)c2cc(F)ccc2F)CC1)N1CCC(CCc2ccccc2)CC1. The topological polar surface area (TPSA) is 57.7 Å². The van der Waals surface area contributed by atoms with E-state index in [2.05, 4.69) is 24.3 Å². The number of benzene rings is 2. The summed E-state index contributed by atoms with van der Waals surface area (Å²) in [5.74, 6) is -1.29. The third-order valence-corrected chi connectivity index (χ3v) is 8.84. The highest BCUT2D eigenvalue weighted by atomic mass is 32.2. The highest BCUT2D eigenvalue weighted by Crippen LogP contribution is 2.29.